The number of hydrogen-bond donors (Lipinski definition) is 1. The first kappa shape index (κ1) is 18.8. The third kappa shape index (κ3) is 5.49. The van der Waals surface area contributed by atoms with E-state index in [0.29, 0.717) is 32.3 Å². The van der Waals surface area contributed by atoms with Crippen molar-refractivity contribution in [3.05, 3.63) is 0 Å². The number of likely N-dealkylation sites (N-methyl/N-ethyl adjacent to an activating group) is 1. The molecular weight excluding hydrogens is 290 g/mol. The van der Waals surface area contributed by atoms with Crippen LogP contribution in [0.1, 0.15) is 40.0 Å². The standard InChI is InChI=1S/C14H31N3O3S/c1-5-16(10-11-20-4)21(18,19)17-9-7-6-8-14(17)12-15-13(2)3/h13-15H,5-12H2,1-4H3. The molecule has 1 aliphatic rings. The first-order chi connectivity index (χ1) is 9.93. The second kappa shape index (κ2) is 9.05. The quantitative estimate of drug-likeness (QED) is 0.689. The van der Waals surface area contributed by atoms with Crippen LogP contribution < -0.4 is 5.32 Å². The minimum Gasteiger partial charge on any atom is -0.383 e. The van der Waals surface area contributed by atoms with Crippen LogP contribution in [0.15, 0.2) is 0 Å². The predicted octanol–water partition coefficient (Wildman–Crippen LogP) is 1.05. The molecule has 0 aromatic carbocycles. The molecule has 0 aliphatic carbocycles. The largest absolute Gasteiger partial charge is 0.383 e. The molecule has 1 atom stereocenters. The summed E-state index contributed by atoms with van der Waals surface area (Å²) in [6.07, 6.45) is 2.97. The number of nitrogens with one attached hydrogen (secondary N) is 1. The Morgan fingerprint density at radius 3 is 2.67 bits per heavy atom. The Kier molecular flexibility index (Phi) is 8.12. The van der Waals surface area contributed by atoms with E-state index in [1.54, 1.807) is 11.4 Å². The zero-order valence-electron chi connectivity index (χ0n) is 13.8. The lowest BCUT2D eigenvalue weighted by molar-refractivity contribution is 0.171. The highest BCUT2D eigenvalue weighted by molar-refractivity contribution is 7.86. The molecule has 1 N–H and O–H groups in total. The molecule has 1 unspecified atom stereocenters. The summed E-state index contributed by atoms with van der Waals surface area (Å²) in [5.41, 5.74) is 0. The van der Waals surface area contributed by atoms with Crippen molar-refractivity contribution in [3.63, 3.8) is 0 Å². The van der Waals surface area contributed by atoms with Gasteiger partial charge in [0.25, 0.3) is 10.2 Å². The van der Waals surface area contributed by atoms with Gasteiger partial charge in [0.2, 0.25) is 0 Å². The molecule has 1 heterocycles. The van der Waals surface area contributed by atoms with Crippen molar-refractivity contribution in [2.75, 3.05) is 39.9 Å². The van der Waals surface area contributed by atoms with Gasteiger partial charge in [0.1, 0.15) is 0 Å². The normalized spacial score (nSPS) is 21.3. The first-order valence-corrected chi connectivity index (χ1v) is 9.32. The van der Waals surface area contributed by atoms with E-state index in [4.69, 9.17) is 4.74 Å². The summed E-state index contributed by atoms with van der Waals surface area (Å²) in [7, 11) is -1.80. The molecule has 0 aromatic heterocycles. The van der Waals surface area contributed by atoms with Crippen LogP contribution in [0, 0.1) is 0 Å². The number of rotatable bonds is 9. The molecule has 0 aromatic rings. The minimum atomic E-state index is -3.40. The lowest BCUT2D eigenvalue weighted by Gasteiger charge is -2.38. The third-order valence-electron chi connectivity index (χ3n) is 3.86. The molecule has 21 heavy (non-hydrogen) atoms. The molecule has 0 spiro atoms. The molecule has 0 saturated carbocycles. The lowest BCUT2D eigenvalue weighted by atomic mass is 10.0. The van der Waals surface area contributed by atoms with Gasteiger partial charge in [-0.05, 0) is 12.8 Å². The Morgan fingerprint density at radius 1 is 1.38 bits per heavy atom. The monoisotopic (exact) mass is 321 g/mol. The topological polar surface area (TPSA) is 61.9 Å². The van der Waals surface area contributed by atoms with Crippen LogP contribution in [0.4, 0.5) is 0 Å². The second-order valence-corrected chi connectivity index (χ2v) is 7.70. The zero-order chi connectivity index (χ0) is 15.9. The van der Waals surface area contributed by atoms with Crippen LogP contribution in [0.5, 0.6) is 0 Å². The van der Waals surface area contributed by atoms with Crippen molar-refractivity contribution in [1.82, 2.24) is 13.9 Å². The Morgan fingerprint density at radius 2 is 2.10 bits per heavy atom. The van der Waals surface area contributed by atoms with E-state index < -0.39 is 10.2 Å². The van der Waals surface area contributed by atoms with Crippen molar-refractivity contribution in [1.29, 1.82) is 0 Å². The van der Waals surface area contributed by atoms with E-state index in [1.807, 2.05) is 6.92 Å². The molecule has 1 rings (SSSR count). The van der Waals surface area contributed by atoms with Crippen molar-refractivity contribution >= 4 is 10.2 Å². The highest BCUT2D eigenvalue weighted by atomic mass is 32.2. The summed E-state index contributed by atoms with van der Waals surface area (Å²) >= 11 is 0. The van der Waals surface area contributed by atoms with Gasteiger partial charge < -0.3 is 10.1 Å². The van der Waals surface area contributed by atoms with Gasteiger partial charge in [-0.3, -0.25) is 0 Å². The number of nitrogens with zero attached hydrogens (tertiary/aromatic N) is 2. The molecule has 1 saturated heterocycles. The van der Waals surface area contributed by atoms with Crippen LogP contribution in [0.2, 0.25) is 0 Å². The first-order valence-electron chi connectivity index (χ1n) is 7.92. The fourth-order valence-corrected chi connectivity index (χ4v) is 4.48. The molecule has 6 nitrogen and oxygen atoms in total. The molecule has 0 bridgehead atoms. The summed E-state index contributed by atoms with van der Waals surface area (Å²) in [6, 6.07) is 0.426. The van der Waals surface area contributed by atoms with Crippen molar-refractivity contribution in [3.8, 4) is 0 Å². The van der Waals surface area contributed by atoms with E-state index in [1.165, 1.54) is 4.31 Å². The SMILES string of the molecule is CCN(CCOC)S(=O)(=O)N1CCCCC1CNC(C)C. The Labute approximate surface area is 130 Å². The molecule has 1 aliphatic heterocycles. The van der Waals surface area contributed by atoms with Gasteiger partial charge >= 0.3 is 0 Å². The average Bonchev–Trinajstić information content (AvgIpc) is 2.46. The average molecular weight is 321 g/mol. The van der Waals surface area contributed by atoms with Gasteiger partial charge in [-0.25, -0.2) is 0 Å². The smallest absolute Gasteiger partial charge is 0.282 e. The summed E-state index contributed by atoms with van der Waals surface area (Å²) in [4.78, 5) is 0. The Hall–Kier alpha value is -0.210. The van der Waals surface area contributed by atoms with Gasteiger partial charge in [0.05, 0.1) is 6.61 Å². The number of hydrogen-bond acceptors (Lipinski definition) is 4. The lowest BCUT2D eigenvalue weighted by Crippen LogP contribution is -2.54. The maximum Gasteiger partial charge on any atom is 0.282 e. The van der Waals surface area contributed by atoms with Crippen molar-refractivity contribution in [2.24, 2.45) is 0 Å². The van der Waals surface area contributed by atoms with Gasteiger partial charge in [-0.15, -0.1) is 0 Å². The van der Waals surface area contributed by atoms with Gasteiger partial charge in [0, 0.05) is 45.4 Å². The van der Waals surface area contributed by atoms with Gasteiger partial charge in [0.15, 0.2) is 0 Å². The summed E-state index contributed by atoms with van der Waals surface area (Å²) < 4.78 is 33.9. The zero-order valence-corrected chi connectivity index (χ0v) is 14.7. The number of methoxy groups -OCH3 is 1. The Balaban J connectivity index is 2.79. The van der Waals surface area contributed by atoms with E-state index in [9.17, 15) is 8.42 Å². The van der Waals surface area contributed by atoms with E-state index >= 15 is 0 Å². The van der Waals surface area contributed by atoms with Gasteiger partial charge in [-0.2, -0.15) is 17.0 Å². The molecular formula is C14H31N3O3S. The highest BCUT2D eigenvalue weighted by Gasteiger charge is 2.35. The summed E-state index contributed by atoms with van der Waals surface area (Å²) in [5.74, 6) is 0. The molecule has 0 amide bonds. The van der Waals surface area contributed by atoms with Crippen LogP contribution >= 0.6 is 0 Å². The maximum atomic E-state index is 12.8. The Bertz CT molecular complexity index is 387. The fourth-order valence-electron chi connectivity index (χ4n) is 2.63. The predicted molar refractivity (Wildman–Crippen MR) is 85.5 cm³/mol. The fraction of sp³-hybridized carbons (Fsp3) is 1.00. The van der Waals surface area contributed by atoms with E-state index in [0.717, 1.165) is 25.8 Å². The minimum absolute atomic E-state index is 0.0581. The van der Waals surface area contributed by atoms with Crippen molar-refractivity contribution < 1.29 is 13.2 Å². The van der Waals surface area contributed by atoms with Crippen LogP contribution in [0.25, 0.3) is 0 Å². The van der Waals surface area contributed by atoms with E-state index in [-0.39, 0.29) is 6.04 Å². The van der Waals surface area contributed by atoms with E-state index in [2.05, 4.69) is 19.2 Å². The number of piperidine rings is 1. The van der Waals surface area contributed by atoms with Crippen LogP contribution in [-0.2, 0) is 14.9 Å². The molecule has 1 fully saturated rings. The molecule has 0 radical (unpaired) electrons. The van der Waals surface area contributed by atoms with Crippen molar-refractivity contribution in [2.45, 2.75) is 52.1 Å². The second-order valence-electron chi connectivity index (χ2n) is 5.82. The maximum absolute atomic E-state index is 12.8. The molecule has 126 valence electrons. The van der Waals surface area contributed by atoms with Crippen LogP contribution in [-0.4, -0.2) is 69.0 Å². The summed E-state index contributed by atoms with van der Waals surface area (Å²) in [6.45, 7) is 8.70. The van der Waals surface area contributed by atoms with Crippen LogP contribution in [0.3, 0.4) is 0 Å². The van der Waals surface area contributed by atoms with Gasteiger partial charge in [-0.1, -0.05) is 27.2 Å². The highest BCUT2D eigenvalue weighted by Crippen LogP contribution is 2.22. The third-order valence-corrected chi connectivity index (χ3v) is 6.02. The molecule has 7 heteroatoms. The summed E-state index contributed by atoms with van der Waals surface area (Å²) in [5, 5.41) is 3.37. The number of ether oxygens (including phenoxy) is 1.